The molecule has 0 atom stereocenters. The first kappa shape index (κ1) is 20.0. The number of nitriles is 1. The van der Waals surface area contributed by atoms with E-state index < -0.39 is 5.91 Å². The van der Waals surface area contributed by atoms with Crippen LogP contribution in [-0.4, -0.2) is 11.0 Å². The van der Waals surface area contributed by atoms with Crippen LogP contribution in [0, 0.1) is 11.3 Å². The molecule has 0 fully saturated rings. The van der Waals surface area contributed by atoms with E-state index in [1.807, 2.05) is 24.3 Å². The number of aromatic hydroxyl groups is 1. The highest BCUT2D eigenvalue weighted by Crippen LogP contribution is 2.23. The van der Waals surface area contributed by atoms with Crippen LogP contribution in [0.15, 0.2) is 78.4 Å². The van der Waals surface area contributed by atoms with Crippen LogP contribution >= 0.6 is 11.6 Å². The minimum Gasteiger partial charge on any atom is -0.508 e. The van der Waals surface area contributed by atoms with E-state index in [1.54, 1.807) is 42.5 Å². The Labute approximate surface area is 173 Å². The normalized spacial score (nSPS) is 10.8. The summed E-state index contributed by atoms with van der Waals surface area (Å²) in [5.74, 6) is 0.0872. The van der Waals surface area contributed by atoms with Crippen molar-refractivity contribution < 1.29 is 14.6 Å². The van der Waals surface area contributed by atoms with Crippen molar-refractivity contribution in [1.29, 1.82) is 5.26 Å². The highest BCUT2D eigenvalue weighted by molar-refractivity contribution is 6.30. The maximum Gasteiger partial charge on any atom is 0.266 e. The average molecular weight is 405 g/mol. The molecule has 0 heterocycles. The lowest BCUT2D eigenvalue weighted by Crippen LogP contribution is -2.13. The van der Waals surface area contributed by atoms with E-state index in [0.29, 0.717) is 28.6 Å². The van der Waals surface area contributed by atoms with Gasteiger partial charge in [0.25, 0.3) is 5.91 Å². The van der Waals surface area contributed by atoms with E-state index in [1.165, 1.54) is 18.2 Å². The first-order valence-electron chi connectivity index (χ1n) is 8.73. The zero-order chi connectivity index (χ0) is 20.6. The van der Waals surface area contributed by atoms with Crippen LogP contribution < -0.4 is 10.1 Å². The lowest BCUT2D eigenvalue weighted by atomic mass is 10.1. The fraction of sp³-hybridized carbons (Fsp3) is 0.0435. The van der Waals surface area contributed by atoms with Gasteiger partial charge in [0.2, 0.25) is 0 Å². The van der Waals surface area contributed by atoms with Crippen molar-refractivity contribution >= 4 is 29.3 Å². The van der Waals surface area contributed by atoms with Gasteiger partial charge in [-0.15, -0.1) is 0 Å². The summed E-state index contributed by atoms with van der Waals surface area (Å²) in [4.78, 5) is 12.4. The van der Waals surface area contributed by atoms with Gasteiger partial charge in [-0.2, -0.15) is 5.26 Å². The Morgan fingerprint density at radius 1 is 1.07 bits per heavy atom. The Morgan fingerprint density at radius 2 is 1.76 bits per heavy atom. The van der Waals surface area contributed by atoms with Gasteiger partial charge >= 0.3 is 0 Å². The third-order valence-electron chi connectivity index (χ3n) is 4.02. The van der Waals surface area contributed by atoms with E-state index in [9.17, 15) is 15.2 Å². The molecule has 3 rings (SSSR count). The molecular formula is C23H17ClN2O3. The van der Waals surface area contributed by atoms with Crippen LogP contribution in [0.3, 0.4) is 0 Å². The molecule has 0 aliphatic heterocycles. The quantitative estimate of drug-likeness (QED) is 0.337. The predicted molar refractivity (Wildman–Crippen MR) is 113 cm³/mol. The van der Waals surface area contributed by atoms with E-state index >= 15 is 0 Å². The van der Waals surface area contributed by atoms with Gasteiger partial charge in [0.05, 0.1) is 0 Å². The molecule has 0 saturated heterocycles. The second-order valence-electron chi connectivity index (χ2n) is 6.12. The summed E-state index contributed by atoms with van der Waals surface area (Å²) in [5, 5.41) is 22.0. The minimum atomic E-state index is -0.550. The van der Waals surface area contributed by atoms with Crippen LogP contribution in [0.25, 0.3) is 6.08 Å². The van der Waals surface area contributed by atoms with Crippen LogP contribution in [0.5, 0.6) is 11.5 Å². The Morgan fingerprint density at radius 3 is 2.45 bits per heavy atom. The number of anilines is 1. The number of benzene rings is 3. The highest BCUT2D eigenvalue weighted by Gasteiger charge is 2.11. The van der Waals surface area contributed by atoms with Crippen molar-refractivity contribution in [3.8, 4) is 17.6 Å². The molecule has 1 amide bonds. The van der Waals surface area contributed by atoms with E-state index in [2.05, 4.69) is 5.32 Å². The molecule has 144 valence electrons. The number of carbonyl (C=O) groups is 1. The monoisotopic (exact) mass is 404 g/mol. The van der Waals surface area contributed by atoms with Gasteiger partial charge < -0.3 is 15.2 Å². The number of rotatable bonds is 6. The predicted octanol–water partition coefficient (Wildman–Crippen LogP) is 5.17. The van der Waals surface area contributed by atoms with Crippen molar-refractivity contribution in [2.24, 2.45) is 0 Å². The zero-order valence-corrected chi connectivity index (χ0v) is 16.1. The fourth-order valence-electron chi connectivity index (χ4n) is 2.52. The van der Waals surface area contributed by atoms with E-state index in [4.69, 9.17) is 16.3 Å². The van der Waals surface area contributed by atoms with Gasteiger partial charge in [-0.1, -0.05) is 41.9 Å². The highest BCUT2D eigenvalue weighted by atomic mass is 35.5. The maximum atomic E-state index is 12.4. The van der Waals surface area contributed by atoms with Crippen LogP contribution in [-0.2, 0) is 11.4 Å². The second kappa shape index (κ2) is 9.45. The number of amides is 1. The molecule has 5 nitrogen and oxygen atoms in total. The van der Waals surface area contributed by atoms with Crippen molar-refractivity contribution in [3.63, 3.8) is 0 Å². The van der Waals surface area contributed by atoms with Gasteiger partial charge in [-0.25, -0.2) is 0 Å². The molecule has 6 heteroatoms. The van der Waals surface area contributed by atoms with E-state index in [-0.39, 0.29) is 11.3 Å². The van der Waals surface area contributed by atoms with Crippen LogP contribution in [0.1, 0.15) is 11.1 Å². The Hall–Kier alpha value is -3.75. The molecule has 0 aromatic heterocycles. The summed E-state index contributed by atoms with van der Waals surface area (Å²) in [6.07, 6.45) is 1.48. The van der Waals surface area contributed by atoms with Gasteiger partial charge in [0, 0.05) is 16.3 Å². The average Bonchev–Trinajstić information content (AvgIpc) is 2.74. The molecule has 0 unspecified atom stereocenters. The standard InChI is InChI=1S/C23H17ClN2O3/c24-19-7-5-16(6-8-19)15-29-22-4-2-1-3-17(22)13-18(14-25)23(28)26-20-9-11-21(27)12-10-20/h1-13,27H,15H2,(H,26,28)/b18-13+. The number of hydrogen-bond donors (Lipinski definition) is 2. The van der Waals surface area contributed by atoms with Gasteiger partial charge in [-0.05, 0) is 54.1 Å². The lowest BCUT2D eigenvalue weighted by Gasteiger charge is -2.10. The molecule has 3 aromatic rings. The third-order valence-corrected chi connectivity index (χ3v) is 4.27. The number of hydrogen-bond acceptors (Lipinski definition) is 4. The van der Waals surface area contributed by atoms with Gasteiger partial charge in [-0.3, -0.25) is 4.79 Å². The van der Waals surface area contributed by atoms with Crippen molar-refractivity contribution in [3.05, 3.63) is 94.5 Å². The van der Waals surface area contributed by atoms with Crippen molar-refractivity contribution in [1.82, 2.24) is 0 Å². The number of phenolic OH excluding ortho intramolecular Hbond substituents is 1. The molecule has 0 spiro atoms. The second-order valence-corrected chi connectivity index (χ2v) is 6.56. The topological polar surface area (TPSA) is 82.3 Å². The van der Waals surface area contributed by atoms with Gasteiger partial charge in [0.1, 0.15) is 29.7 Å². The molecule has 0 aliphatic carbocycles. The lowest BCUT2D eigenvalue weighted by molar-refractivity contribution is -0.112. The first-order chi connectivity index (χ1) is 14.0. The molecule has 0 radical (unpaired) electrons. The fourth-order valence-corrected chi connectivity index (χ4v) is 2.65. The summed E-state index contributed by atoms with van der Waals surface area (Å²) in [6.45, 7) is 0.323. The Kier molecular flexibility index (Phi) is 6.51. The SMILES string of the molecule is N#C/C(=C\c1ccccc1OCc1ccc(Cl)cc1)C(=O)Nc1ccc(O)cc1. The number of phenols is 1. The third kappa shape index (κ3) is 5.61. The number of nitrogens with one attached hydrogen (secondary N) is 1. The number of para-hydroxylation sites is 1. The molecule has 0 saturated carbocycles. The molecule has 0 aliphatic rings. The molecule has 0 bridgehead atoms. The first-order valence-corrected chi connectivity index (χ1v) is 9.11. The minimum absolute atomic E-state index is 0.0689. The summed E-state index contributed by atoms with van der Waals surface area (Å²) >= 11 is 5.89. The largest absolute Gasteiger partial charge is 0.508 e. The Bertz CT molecular complexity index is 1070. The summed E-state index contributed by atoms with van der Waals surface area (Å²) in [5.41, 5.74) is 1.96. The van der Waals surface area contributed by atoms with Crippen molar-refractivity contribution in [2.75, 3.05) is 5.32 Å². The summed E-state index contributed by atoms with van der Waals surface area (Å²) < 4.78 is 5.86. The summed E-state index contributed by atoms with van der Waals surface area (Å²) in [7, 11) is 0. The maximum absolute atomic E-state index is 12.4. The number of nitrogens with zero attached hydrogens (tertiary/aromatic N) is 1. The van der Waals surface area contributed by atoms with Gasteiger partial charge in [0.15, 0.2) is 0 Å². The molecule has 29 heavy (non-hydrogen) atoms. The molecule has 3 aromatic carbocycles. The molecular weight excluding hydrogens is 388 g/mol. The van der Waals surface area contributed by atoms with Crippen LogP contribution in [0.2, 0.25) is 5.02 Å². The number of ether oxygens (including phenoxy) is 1. The van der Waals surface area contributed by atoms with Crippen LogP contribution in [0.4, 0.5) is 5.69 Å². The number of halogens is 1. The van der Waals surface area contributed by atoms with Crippen molar-refractivity contribution in [2.45, 2.75) is 6.61 Å². The summed E-state index contributed by atoms with van der Waals surface area (Å²) in [6, 6.07) is 22.4. The smallest absolute Gasteiger partial charge is 0.266 e. The zero-order valence-electron chi connectivity index (χ0n) is 15.3. The Balaban J connectivity index is 1.76. The van der Waals surface area contributed by atoms with E-state index in [0.717, 1.165) is 5.56 Å². The molecule has 2 N–H and O–H groups in total. The number of carbonyl (C=O) groups excluding carboxylic acids is 1.